The minimum absolute atomic E-state index is 0.0536. The second-order valence-corrected chi connectivity index (χ2v) is 5.50. The van der Waals surface area contributed by atoms with E-state index in [9.17, 15) is 4.79 Å². The summed E-state index contributed by atoms with van der Waals surface area (Å²) in [6.07, 6.45) is 3.64. The molecule has 1 N–H and O–H groups in total. The first kappa shape index (κ1) is 15.5. The van der Waals surface area contributed by atoms with Crippen LogP contribution in [0.5, 0.6) is 0 Å². The molecular weight excluding hydrogens is 258 g/mol. The van der Waals surface area contributed by atoms with Crippen LogP contribution in [0.3, 0.4) is 0 Å². The number of piperazine rings is 1. The molecular formula is C14H27N3O3. The molecule has 2 aliphatic rings. The normalized spacial score (nSPS) is 24.1. The second kappa shape index (κ2) is 8.44. The molecule has 0 saturated carbocycles. The van der Waals surface area contributed by atoms with Crippen molar-refractivity contribution in [3.63, 3.8) is 0 Å². The molecule has 2 heterocycles. The molecule has 0 aromatic rings. The topological polar surface area (TPSA) is 54.0 Å². The van der Waals surface area contributed by atoms with Crippen molar-refractivity contribution in [3.8, 4) is 0 Å². The van der Waals surface area contributed by atoms with Crippen LogP contribution < -0.4 is 5.32 Å². The van der Waals surface area contributed by atoms with Crippen LogP contribution in [0.2, 0.25) is 0 Å². The summed E-state index contributed by atoms with van der Waals surface area (Å²) in [4.78, 5) is 16.3. The van der Waals surface area contributed by atoms with Crippen LogP contribution in [0.1, 0.15) is 19.3 Å². The van der Waals surface area contributed by atoms with Crippen LogP contribution in [-0.4, -0.2) is 81.5 Å². The first-order valence-corrected chi connectivity index (χ1v) is 7.65. The van der Waals surface area contributed by atoms with Crippen molar-refractivity contribution in [1.29, 1.82) is 0 Å². The predicted molar refractivity (Wildman–Crippen MR) is 76.9 cm³/mol. The number of carbonyl (C=O) groups is 1. The molecule has 0 aromatic heterocycles. The summed E-state index contributed by atoms with van der Waals surface area (Å²) in [5.74, 6) is 0. The van der Waals surface area contributed by atoms with E-state index < -0.39 is 0 Å². The van der Waals surface area contributed by atoms with E-state index in [4.69, 9.17) is 9.47 Å². The molecule has 0 aliphatic carbocycles. The molecule has 2 aliphatic heterocycles. The molecule has 2 fully saturated rings. The van der Waals surface area contributed by atoms with Gasteiger partial charge in [-0.2, -0.15) is 0 Å². The average molecular weight is 285 g/mol. The third kappa shape index (κ3) is 4.92. The Labute approximate surface area is 121 Å². The summed E-state index contributed by atoms with van der Waals surface area (Å²) < 4.78 is 10.6. The average Bonchev–Trinajstić information content (AvgIpc) is 2.97. The van der Waals surface area contributed by atoms with Crippen molar-refractivity contribution in [2.24, 2.45) is 0 Å². The fourth-order valence-corrected chi connectivity index (χ4v) is 2.73. The molecule has 0 spiro atoms. The zero-order valence-electron chi connectivity index (χ0n) is 12.5. The molecule has 6 heteroatoms. The smallest absolute Gasteiger partial charge is 0.317 e. The fraction of sp³-hybridized carbons (Fsp3) is 0.929. The Morgan fingerprint density at radius 1 is 1.35 bits per heavy atom. The number of nitrogens with zero attached hydrogens (tertiary/aromatic N) is 2. The maximum absolute atomic E-state index is 11.9. The largest absolute Gasteiger partial charge is 0.385 e. The molecule has 2 rings (SSSR count). The van der Waals surface area contributed by atoms with Crippen LogP contribution in [0, 0.1) is 0 Å². The molecule has 116 valence electrons. The Morgan fingerprint density at radius 3 is 2.80 bits per heavy atom. The SMILES string of the molecule is COCCCNC(=O)N1CCN(CC2CCCO2)CC1. The lowest BCUT2D eigenvalue weighted by Crippen LogP contribution is -2.53. The lowest BCUT2D eigenvalue weighted by Gasteiger charge is -2.35. The van der Waals surface area contributed by atoms with Crippen LogP contribution in [-0.2, 0) is 9.47 Å². The van der Waals surface area contributed by atoms with Gasteiger partial charge in [-0.15, -0.1) is 0 Å². The van der Waals surface area contributed by atoms with Gasteiger partial charge in [0, 0.05) is 59.6 Å². The fourth-order valence-electron chi connectivity index (χ4n) is 2.73. The highest BCUT2D eigenvalue weighted by atomic mass is 16.5. The third-order valence-corrected chi connectivity index (χ3v) is 3.95. The molecule has 6 nitrogen and oxygen atoms in total. The highest BCUT2D eigenvalue weighted by molar-refractivity contribution is 5.74. The number of urea groups is 1. The highest BCUT2D eigenvalue weighted by Gasteiger charge is 2.24. The highest BCUT2D eigenvalue weighted by Crippen LogP contribution is 2.14. The maximum Gasteiger partial charge on any atom is 0.317 e. The second-order valence-electron chi connectivity index (χ2n) is 5.50. The summed E-state index contributed by atoms with van der Waals surface area (Å²) in [6, 6.07) is 0.0536. The number of methoxy groups -OCH3 is 1. The van der Waals surface area contributed by atoms with Gasteiger partial charge in [0.25, 0.3) is 0 Å². The minimum atomic E-state index is 0.0536. The van der Waals surface area contributed by atoms with Gasteiger partial charge in [0.15, 0.2) is 0 Å². The Bertz CT molecular complexity index is 287. The first-order chi connectivity index (χ1) is 9.79. The van der Waals surface area contributed by atoms with E-state index in [2.05, 4.69) is 10.2 Å². The van der Waals surface area contributed by atoms with Crippen molar-refractivity contribution in [1.82, 2.24) is 15.1 Å². The summed E-state index contributed by atoms with van der Waals surface area (Å²) in [5, 5.41) is 2.94. The Morgan fingerprint density at radius 2 is 2.15 bits per heavy atom. The summed E-state index contributed by atoms with van der Waals surface area (Å²) in [6.45, 7) is 6.82. The lowest BCUT2D eigenvalue weighted by molar-refractivity contribution is 0.0561. The molecule has 20 heavy (non-hydrogen) atoms. The summed E-state index contributed by atoms with van der Waals surface area (Å²) in [5.41, 5.74) is 0. The minimum Gasteiger partial charge on any atom is -0.385 e. The quantitative estimate of drug-likeness (QED) is 0.723. The van der Waals surface area contributed by atoms with Gasteiger partial charge in [-0.1, -0.05) is 0 Å². The molecule has 1 unspecified atom stereocenters. The van der Waals surface area contributed by atoms with Crippen LogP contribution in [0.25, 0.3) is 0 Å². The van der Waals surface area contributed by atoms with Gasteiger partial charge >= 0.3 is 6.03 Å². The number of hydrogen-bond donors (Lipinski definition) is 1. The van der Waals surface area contributed by atoms with Crippen molar-refractivity contribution in [2.45, 2.75) is 25.4 Å². The van der Waals surface area contributed by atoms with Crippen molar-refractivity contribution >= 4 is 6.03 Å². The molecule has 1 atom stereocenters. The van der Waals surface area contributed by atoms with E-state index in [1.165, 1.54) is 12.8 Å². The van der Waals surface area contributed by atoms with Gasteiger partial charge in [0.05, 0.1) is 6.10 Å². The van der Waals surface area contributed by atoms with Gasteiger partial charge in [-0.25, -0.2) is 4.79 Å². The first-order valence-electron chi connectivity index (χ1n) is 7.65. The number of hydrogen-bond acceptors (Lipinski definition) is 4. The number of carbonyl (C=O) groups excluding carboxylic acids is 1. The standard InChI is InChI=1S/C14H27N3O3/c1-19-10-3-5-15-14(18)17-8-6-16(7-9-17)12-13-4-2-11-20-13/h13H,2-12H2,1H3,(H,15,18). The van der Waals surface area contributed by atoms with E-state index in [1.54, 1.807) is 7.11 Å². The van der Waals surface area contributed by atoms with Gasteiger partial charge in [0.2, 0.25) is 0 Å². The van der Waals surface area contributed by atoms with E-state index in [1.807, 2.05) is 4.90 Å². The van der Waals surface area contributed by atoms with Crippen molar-refractivity contribution in [3.05, 3.63) is 0 Å². The zero-order valence-corrected chi connectivity index (χ0v) is 12.5. The van der Waals surface area contributed by atoms with Crippen LogP contribution in [0.15, 0.2) is 0 Å². The van der Waals surface area contributed by atoms with Gasteiger partial charge in [-0.05, 0) is 19.3 Å². The van der Waals surface area contributed by atoms with Crippen LogP contribution >= 0.6 is 0 Å². The molecule has 0 radical (unpaired) electrons. The maximum atomic E-state index is 11.9. The molecule has 0 aromatic carbocycles. The number of nitrogens with one attached hydrogen (secondary N) is 1. The lowest BCUT2D eigenvalue weighted by atomic mass is 10.2. The number of amides is 2. The van der Waals surface area contributed by atoms with E-state index in [0.29, 0.717) is 19.3 Å². The van der Waals surface area contributed by atoms with Crippen LogP contribution in [0.4, 0.5) is 4.79 Å². The zero-order chi connectivity index (χ0) is 14.2. The predicted octanol–water partition coefficient (Wildman–Crippen LogP) is 0.529. The Kier molecular flexibility index (Phi) is 6.56. The van der Waals surface area contributed by atoms with Crippen molar-refractivity contribution in [2.75, 3.05) is 59.6 Å². The van der Waals surface area contributed by atoms with Gasteiger partial charge in [-0.3, -0.25) is 4.90 Å². The van der Waals surface area contributed by atoms with Gasteiger partial charge in [0.1, 0.15) is 0 Å². The van der Waals surface area contributed by atoms with E-state index >= 15 is 0 Å². The third-order valence-electron chi connectivity index (χ3n) is 3.95. The monoisotopic (exact) mass is 285 g/mol. The Balaban J connectivity index is 1.59. The summed E-state index contributed by atoms with van der Waals surface area (Å²) >= 11 is 0. The molecule has 0 bridgehead atoms. The number of ether oxygens (including phenoxy) is 2. The van der Waals surface area contributed by atoms with E-state index in [-0.39, 0.29) is 6.03 Å². The molecule has 2 saturated heterocycles. The summed E-state index contributed by atoms with van der Waals surface area (Å²) in [7, 11) is 1.68. The number of rotatable bonds is 6. The Hall–Kier alpha value is -0.850. The van der Waals surface area contributed by atoms with Crippen molar-refractivity contribution < 1.29 is 14.3 Å². The van der Waals surface area contributed by atoms with E-state index in [0.717, 1.165) is 45.8 Å². The molecule has 2 amide bonds. The van der Waals surface area contributed by atoms with Gasteiger partial charge < -0.3 is 19.7 Å².